The lowest BCUT2D eigenvalue weighted by molar-refractivity contribution is 0.0231. The summed E-state index contributed by atoms with van der Waals surface area (Å²) in [7, 11) is 0. The van der Waals surface area contributed by atoms with E-state index in [0.29, 0.717) is 43.4 Å². The lowest BCUT2D eigenvalue weighted by atomic mass is 10.0. The molecule has 1 aliphatic rings. The van der Waals surface area contributed by atoms with Gasteiger partial charge in [0.05, 0.1) is 27.8 Å². The first kappa shape index (κ1) is 24.8. The van der Waals surface area contributed by atoms with Gasteiger partial charge in [-0.25, -0.2) is 9.78 Å². The van der Waals surface area contributed by atoms with Gasteiger partial charge in [-0.3, -0.25) is 15.2 Å². The van der Waals surface area contributed by atoms with Gasteiger partial charge in [0.25, 0.3) is 0 Å². The van der Waals surface area contributed by atoms with Gasteiger partial charge in [-0.05, 0) is 57.5 Å². The number of pyridine rings is 1. The van der Waals surface area contributed by atoms with Gasteiger partial charge in [-0.2, -0.15) is 5.26 Å². The number of urea groups is 1. The second-order valence-corrected chi connectivity index (χ2v) is 10.5. The highest BCUT2D eigenvalue weighted by Crippen LogP contribution is 2.39. The van der Waals surface area contributed by atoms with E-state index in [1.807, 2.05) is 44.2 Å². The SMILES string of the molecule is Cc1cc(-c2sc(NC(=O)N3CCN(CC(C)(C)O)CC3)nc2-c2cccc(C#N)c2)cc(C)n1. The molecule has 0 aliphatic carbocycles. The van der Waals surface area contributed by atoms with Crippen LogP contribution < -0.4 is 5.32 Å². The van der Waals surface area contributed by atoms with Crippen molar-refractivity contribution in [2.24, 2.45) is 0 Å². The number of aliphatic hydroxyl groups is 1. The first-order chi connectivity index (χ1) is 16.6. The summed E-state index contributed by atoms with van der Waals surface area (Å²) in [6, 6.07) is 13.3. The van der Waals surface area contributed by atoms with Crippen LogP contribution in [0.15, 0.2) is 36.4 Å². The molecule has 1 fully saturated rings. The van der Waals surface area contributed by atoms with Crippen molar-refractivity contribution in [3.63, 3.8) is 0 Å². The fourth-order valence-electron chi connectivity index (χ4n) is 4.29. The normalized spacial score (nSPS) is 14.6. The third kappa shape index (κ3) is 6.22. The predicted molar refractivity (Wildman–Crippen MR) is 138 cm³/mol. The highest BCUT2D eigenvalue weighted by Gasteiger charge is 2.26. The van der Waals surface area contributed by atoms with Gasteiger partial charge in [-0.1, -0.05) is 23.5 Å². The van der Waals surface area contributed by atoms with Crippen LogP contribution in [0, 0.1) is 25.2 Å². The largest absolute Gasteiger partial charge is 0.389 e. The van der Waals surface area contributed by atoms with E-state index < -0.39 is 5.60 Å². The lowest BCUT2D eigenvalue weighted by Gasteiger charge is -2.37. The number of piperazine rings is 1. The number of amides is 2. The number of thiazole rings is 1. The average Bonchev–Trinajstić information content (AvgIpc) is 3.22. The molecular weight excluding hydrogens is 460 g/mol. The summed E-state index contributed by atoms with van der Waals surface area (Å²) in [5.41, 5.74) is 4.12. The van der Waals surface area contributed by atoms with Crippen molar-refractivity contribution in [2.45, 2.75) is 33.3 Å². The Hall–Kier alpha value is -3.32. The minimum atomic E-state index is -0.759. The Kier molecular flexibility index (Phi) is 7.17. The fraction of sp³-hybridized carbons (Fsp3) is 0.385. The maximum absolute atomic E-state index is 13.0. The monoisotopic (exact) mass is 490 g/mol. The number of carbonyl (C=O) groups is 1. The third-order valence-corrected chi connectivity index (χ3v) is 6.74. The summed E-state index contributed by atoms with van der Waals surface area (Å²) in [5.74, 6) is 0. The molecule has 0 atom stereocenters. The van der Waals surface area contributed by atoms with Crippen LogP contribution in [0.5, 0.6) is 0 Å². The van der Waals surface area contributed by atoms with E-state index in [1.165, 1.54) is 11.3 Å². The second-order valence-electron chi connectivity index (χ2n) is 9.53. The Morgan fingerprint density at radius 3 is 2.43 bits per heavy atom. The molecule has 9 heteroatoms. The molecule has 3 aromatic rings. The number of hydrogen-bond donors (Lipinski definition) is 2. The maximum Gasteiger partial charge on any atom is 0.323 e. The van der Waals surface area contributed by atoms with Crippen LogP contribution in [-0.4, -0.2) is 69.2 Å². The molecule has 1 saturated heterocycles. The van der Waals surface area contributed by atoms with E-state index in [9.17, 15) is 15.2 Å². The van der Waals surface area contributed by atoms with E-state index in [1.54, 1.807) is 24.8 Å². The van der Waals surface area contributed by atoms with Gasteiger partial charge >= 0.3 is 6.03 Å². The number of anilines is 1. The number of carbonyl (C=O) groups excluding carboxylic acids is 1. The van der Waals surface area contributed by atoms with Crippen molar-refractivity contribution in [1.82, 2.24) is 19.8 Å². The predicted octanol–water partition coefficient (Wildman–Crippen LogP) is 4.28. The Morgan fingerprint density at radius 2 is 1.80 bits per heavy atom. The molecule has 35 heavy (non-hydrogen) atoms. The smallest absolute Gasteiger partial charge is 0.323 e. The highest BCUT2D eigenvalue weighted by molar-refractivity contribution is 7.19. The fourth-order valence-corrected chi connectivity index (χ4v) is 5.26. The van der Waals surface area contributed by atoms with E-state index in [0.717, 1.165) is 33.1 Å². The molecule has 182 valence electrons. The standard InChI is InChI=1S/C26H30N6O2S/c1-17-12-21(13-18(2)28-17)23-22(20-7-5-6-19(14-20)15-27)29-24(35-23)30-25(33)32-10-8-31(9-11-32)16-26(3,4)34/h5-7,12-14,34H,8-11,16H2,1-4H3,(H,29,30,33). The molecule has 3 heterocycles. The lowest BCUT2D eigenvalue weighted by Crippen LogP contribution is -2.52. The topological polar surface area (TPSA) is 105 Å². The minimum absolute atomic E-state index is 0.187. The number of benzene rings is 1. The summed E-state index contributed by atoms with van der Waals surface area (Å²) in [4.78, 5) is 27.1. The first-order valence-electron chi connectivity index (χ1n) is 11.6. The summed E-state index contributed by atoms with van der Waals surface area (Å²) in [6.45, 7) is 10.7. The molecule has 0 saturated carbocycles. The van der Waals surface area contributed by atoms with Gasteiger partial charge < -0.3 is 10.0 Å². The van der Waals surface area contributed by atoms with Crippen molar-refractivity contribution in [3.05, 3.63) is 53.3 Å². The number of aryl methyl sites for hydroxylation is 2. The van der Waals surface area contributed by atoms with Crippen molar-refractivity contribution in [2.75, 3.05) is 38.0 Å². The van der Waals surface area contributed by atoms with E-state index in [-0.39, 0.29) is 6.03 Å². The zero-order valence-corrected chi connectivity index (χ0v) is 21.3. The van der Waals surface area contributed by atoms with E-state index in [2.05, 4.69) is 21.3 Å². The summed E-state index contributed by atoms with van der Waals surface area (Å²) in [5, 5.41) is 22.9. The number of nitrogens with one attached hydrogen (secondary N) is 1. The molecule has 1 aromatic carbocycles. The Labute approximate surface area is 209 Å². The molecule has 8 nitrogen and oxygen atoms in total. The second kappa shape index (κ2) is 10.1. The molecule has 0 radical (unpaired) electrons. The van der Waals surface area contributed by atoms with Crippen LogP contribution in [0.4, 0.5) is 9.93 Å². The van der Waals surface area contributed by atoms with Gasteiger partial charge in [0, 0.05) is 49.7 Å². The molecule has 0 bridgehead atoms. The van der Waals surface area contributed by atoms with Gasteiger partial charge in [0.1, 0.15) is 0 Å². The van der Waals surface area contributed by atoms with E-state index >= 15 is 0 Å². The van der Waals surface area contributed by atoms with Crippen molar-refractivity contribution in [3.8, 4) is 27.8 Å². The number of hydrogen-bond acceptors (Lipinski definition) is 7. The number of β-amino-alcohol motifs (C(OH)–C–C–N with tert-alkyl or cyclic N) is 1. The summed E-state index contributed by atoms with van der Waals surface area (Å²) >= 11 is 1.42. The Morgan fingerprint density at radius 1 is 1.11 bits per heavy atom. The van der Waals surface area contributed by atoms with E-state index in [4.69, 9.17) is 4.98 Å². The van der Waals surface area contributed by atoms with Crippen molar-refractivity contribution in [1.29, 1.82) is 5.26 Å². The molecular formula is C26H30N6O2S. The van der Waals surface area contributed by atoms with Crippen LogP contribution in [0.25, 0.3) is 21.7 Å². The Bertz CT molecular complexity index is 1250. The average molecular weight is 491 g/mol. The number of aromatic nitrogens is 2. The molecule has 4 rings (SSSR count). The minimum Gasteiger partial charge on any atom is -0.389 e. The van der Waals surface area contributed by atoms with Crippen molar-refractivity contribution >= 4 is 22.5 Å². The van der Waals surface area contributed by atoms with Crippen LogP contribution >= 0.6 is 11.3 Å². The summed E-state index contributed by atoms with van der Waals surface area (Å²) < 4.78 is 0. The number of nitrogens with zero attached hydrogens (tertiary/aromatic N) is 5. The summed E-state index contributed by atoms with van der Waals surface area (Å²) in [6.07, 6.45) is 0. The number of rotatable bonds is 5. The molecule has 0 spiro atoms. The van der Waals surface area contributed by atoms with Crippen molar-refractivity contribution < 1.29 is 9.90 Å². The van der Waals surface area contributed by atoms with Gasteiger partial charge in [0.15, 0.2) is 5.13 Å². The number of nitriles is 1. The molecule has 2 N–H and O–H groups in total. The zero-order chi connectivity index (χ0) is 25.2. The molecule has 1 aliphatic heterocycles. The Balaban J connectivity index is 1.58. The first-order valence-corrected chi connectivity index (χ1v) is 12.4. The van der Waals surface area contributed by atoms with Crippen LogP contribution in [0.1, 0.15) is 30.8 Å². The molecule has 0 unspecified atom stereocenters. The quantitative estimate of drug-likeness (QED) is 0.553. The third-order valence-electron chi connectivity index (χ3n) is 5.72. The van der Waals surface area contributed by atoms with Crippen LogP contribution in [0.2, 0.25) is 0 Å². The highest BCUT2D eigenvalue weighted by atomic mass is 32.1. The van der Waals surface area contributed by atoms with Crippen LogP contribution in [-0.2, 0) is 0 Å². The van der Waals surface area contributed by atoms with Gasteiger partial charge in [0.2, 0.25) is 0 Å². The molecule has 2 aromatic heterocycles. The van der Waals surface area contributed by atoms with Gasteiger partial charge in [-0.15, -0.1) is 0 Å². The molecule has 2 amide bonds. The zero-order valence-electron chi connectivity index (χ0n) is 20.5. The van der Waals surface area contributed by atoms with Crippen LogP contribution in [0.3, 0.4) is 0 Å². The maximum atomic E-state index is 13.0.